The van der Waals surface area contributed by atoms with Crippen LogP contribution in [-0.4, -0.2) is 12.3 Å². The average molecular weight is 289 g/mol. The number of thioether (sulfide) groups is 1. The van der Waals surface area contributed by atoms with Gasteiger partial charge in [0.1, 0.15) is 5.37 Å². The molecule has 2 aromatic rings. The van der Waals surface area contributed by atoms with E-state index in [2.05, 4.69) is 11.4 Å². The van der Waals surface area contributed by atoms with Crippen LogP contribution in [0.5, 0.6) is 0 Å². The molecule has 1 aliphatic rings. The molecule has 0 radical (unpaired) electrons. The summed E-state index contributed by atoms with van der Waals surface area (Å²) in [6, 6.07) is 10.1. The third-order valence-electron chi connectivity index (χ3n) is 3.05. The topological polar surface area (TPSA) is 64.4 Å². The molecule has 3 rings (SSSR count). The summed E-state index contributed by atoms with van der Waals surface area (Å²) in [5.74, 6) is 0.896. The number of nitrogens with two attached hydrogens (primary N) is 2. The summed E-state index contributed by atoms with van der Waals surface area (Å²) in [6.45, 7) is 0.665. The van der Waals surface area contributed by atoms with Gasteiger partial charge in [-0.25, -0.2) is 0 Å². The van der Waals surface area contributed by atoms with E-state index in [4.69, 9.17) is 16.5 Å². The summed E-state index contributed by atoms with van der Waals surface area (Å²) in [7, 11) is 0. The van der Waals surface area contributed by atoms with E-state index in [-0.39, 0.29) is 5.37 Å². The maximum atomic E-state index is 6.32. The highest BCUT2D eigenvalue weighted by atomic mass is 32.2. The van der Waals surface area contributed by atoms with Crippen LogP contribution in [0.3, 0.4) is 0 Å². The van der Waals surface area contributed by atoms with Gasteiger partial charge in [0.05, 0.1) is 5.36 Å². The van der Waals surface area contributed by atoms with Crippen molar-refractivity contribution >= 4 is 28.8 Å². The maximum Gasteiger partial charge on any atom is 0.131 e. The largest absolute Gasteiger partial charge is 0.398 e. The molecule has 0 saturated heterocycles. The Morgan fingerprint density at radius 1 is 1.26 bits per heavy atom. The molecule has 4 N–H and O–H groups in total. The second kappa shape index (κ2) is 5.36. The highest BCUT2D eigenvalue weighted by molar-refractivity contribution is 7.99. The van der Waals surface area contributed by atoms with Gasteiger partial charge in [0, 0.05) is 33.7 Å². The van der Waals surface area contributed by atoms with Gasteiger partial charge in [0.2, 0.25) is 0 Å². The summed E-state index contributed by atoms with van der Waals surface area (Å²) in [6.07, 6.45) is 0. The Bertz CT molecular complexity index is 705. The van der Waals surface area contributed by atoms with Gasteiger partial charge >= 0.3 is 0 Å². The van der Waals surface area contributed by atoms with Crippen LogP contribution >= 0.6 is 23.1 Å². The van der Waals surface area contributed by atoms with E-state index < -0.39 is 0 Å². The molecule has 3 nitrogen and oxygen atoms in total. The number of fused-ring (bicyclic) bond motifs is 2. The minimum absolute atomic E-state index is 0.0979. The maximum absolute atomic E-state index is 6.32. The van der Waals surface area contributed by atoms with Crippen LogP contribution < -0.4 is 22.0 Å². The van der Waals surface area contributed by atoms with Gasteiger partial charge in [0.15, 0.2) is 0 Å². The average Bonchev–Trinajstić information content (AvgIpc) is 2.88. The normalized spacial score (nSPS) is 17.3. The zero-order chi connectivity index (χ0) is 13.2. The number of rotatable bonds is 3. The third-order valence-corrected chi connectivity index (χ3v) is 5.30. The van der Waals surface area contributed by atoms with Crippen molar-refractivity contribution in [1.29, 1.82) is 0 Å². The minimum Gasteiger partial charge on any atom is -0.398 e. The Hall–Kier alpha value is -1.30. The molecule has 0 amide bonds. The van der Waals surface area contributed by atoms with Gasteiger partial charge in [-0.15, -0.1) is 23.1 Å². The predicted molar refractivity (Wildman–Crippen MR) is 82.5 cm³/mol. The highest BCUT2D eigenvalue weighted by Gasteiger charge is 2.20. The molecule has 0 bridgehead atoms. The molecule has 0 spiro atoms. The van der Waals surface area contributed by atoms with Crippen molar-refractivity contribution in [3.8, 4) is 0 Å². The van der Waals surface area contributed by atoms with Crippen LogP contribution in [0.15, 0.2) is 40.7 Å². The molecule has 2 heterocycles. The van der Waals surface area contributed by atoms with Crippen molar-refractivity contribution in [2.24, 2.45) is 16.5 Å². The lowest BCUT2D eigenvalue weighted by atomic mass is 10.1. The summed E-state index contributed by atoms with van der Waals surface area (Å²) in [5, 5.41) is 4.17. The lowest BCUT2D eigenvalue weighted by Gasteiger charge is -2.10. The number of thiophene rings is 1. The van der Waals surface area contributed by atoms with Gasteiger partial charge < -0.3 is 11.5 Å². The first-order chi connectivity index (χ1) is 9.31. The second-order valence-corrected chi connectivity index (χ2v) is 6.41. The molecule has 19 heavy (non-hydrogen) atoms. The molecule has 5 heteroatoms. The van der Waals surface area contributed by atoms with E-state index in [9.17, 15) is 0 Å². The van der Waals surface area contributed by atoms with Crippen molar-refractivity contribution in [3.05, 3.63) is 56.7 Å². The van der Waals surface area contributed by atoms with Crippen molar-refractivity contribution in [2.75, 3.05) is 12.3 Å². The zero-order valence-corrected chi connectivity index (χ0v) is 12.0. The van der Waals surface area contributed by atoms with Gasteiger partial charge in [-0.3, -0.25) is 4.99 Å². The molecule has 98 valence electrons. The summed E-state index contributed by atoms with van der Waals surface area (Å²) in [5.41, 5.74) is 13.9. The first-order valence-electron chi connectivity index (χ1n) is 6.13. The first kappa shape index (κ1) is 12.7. The molecule has 1 aliphatic heterocycles. The number of hydrogen-bond acceptors (Lipinski definition) is 5. The summed E-state index contributed by atoms with van der Waals surface area (Å²) in [4.78, 5) is 6.09. The van der Waals surface area contributed by atoms with Crippen molar-refractivity contribution in [1.82, 2.24) is 0 Å². The molecule has 0 aliphatic carbocycles. The van der Waals surface area contributed by atoms with Gasteiger partial charge in [0.25, 0.3) is 0 Å². The fourth-order valence-electron chi connectivity index (χ4n) is 2.17. The fraction of sp³-hybridized carbons (Fsp3) is 0.214. The number of para-hydroxylation sites is 1. The van der Waals surface area contributed by atoms with Crippen LogP contribution in [0.25, 0.3) is 5.70 Å². The van der Waals surface area contributed by atoms with Crippen LogP contribution in [0.2, 0.25) is 0 Å². The molecular formula is C14H15N3S2. The lowest BCUT2D eigenvalue weighted by molar-refractivity contribution is 0.994. The van der Waals surface area contributed by atoms with E-state index in [0.29, 0.717) is 6.54 Å². The fourth-order valence-corrected chi connectivity index (χ4v) is 4.19. The Morgan fingerprint density at radius 3 is 2.95 bits per heavy atom. The molecule has 1 atom stereocenters. The molecular weight excluding hydrogens is 274 g/mol. The third kappa shape index (κ3) is 2.29. The van der Waals surface area contributed by atoms with Gasteiger partial charge in [-0.2, -0.15) is 0 Å². The van der Waals surface area contributed by atoms with E-state index in [1.165, 1.54) is 4.88 Å². The van der Waals surface area contributed by atoms with E-state index in [1.807, 2.05) is 24.3 Å². The van der Waals surface area contributed by atoms with E-state index >= 15 is 0 Å². The Morgan fingerprint density at radius 2 is 2.11 bits per heavy atom. The number of benzene rings is 1. The first-order valence-corrected chi connectivity index (χ1v) is 8.06. The van der Waals surface area contributed by atoms with E-state index in [1.54, 1.807) is 23.1 Å². The Kier molecular flexibility index (Phi) is 3.59. The van der Waals surface area contributed by atoms with Crippen LogP contribution in [0, 0.1) is 0 Å². The van der Waals surface area contributed by atoms with E-state index in [0.717, 1.165) is 27.6 Å². The Labute approximate surface area is 120 Å². The highest BCUT2D eigenvalue weighted by Crippen LogP contribution is 2.37. The standard InChI is InChI=1S/C14H15N3S2/c15-6-8-19-14-13-10(5-7-18-13)12(16)9-3-1-2-4-11(9)17-14/h1-5,7,14H,6,8,15-16H2. The summed E-state index contributed by atoms with van der Waals surface area (Å²) >= 11 is 3.49. The van der Waals surface area contributed by atoms with Crippen molar-refractivity contribution < 1.29 is 0 Å². The molecule has 0 saturated carbocycles. The molecule has 0 fully saturated rings. The quantitative estimate of drug-likeness (QED) is 0.892. The smallest absolute Gasteiger partial charge is 0.131 e. The number of nitrogens with zero attached hydrogens (tertiary/aromatic N) is 1. The van der Waals surface area contributed by atoms with Crippen LogP contribution in [-0.2, 0) is 0 Å². The predicted octanol–water partition coefficient (Wildman–Crippen LogP) is 1.19. The van der Waals surface area contributed by atoms with Crippen LogP contribution in [0.1, 0.15) is 15.8 Å². The van der Waals surface area contributed by atoms with Crippen molar-refractivity contribution in [2.45, 2.75) is 5.37 Å². The molecule has 1 aromatic heterocycles. The zero-order valence-electron chi connectivity index (χ0n) is 10.4. The molecule has 1 unspecified atom stereocenters. The summed E-state index contributed by atoms with van der Waals surface area (Å²) < 4.78 is 0. The molecule has 1 aromatic carbocycles. The van der Waals surface area contributed by atoms with Crippen molar-refractivity contribution in [3.63, 3.8) is 0 Å². The van der Waals surface area contributed by atoms with Gasteiger partial charge in [-0.05, 0) is 17.5 Å². The number of hydrogen-bond donors (Lipinski definition) is 2. The second-order valence-electron chi connectivity index (χ2n) is 4.27. The lowest BCUT2D eigenvalue weighted by Crippen LogP contribution is -2.29. The minimum atomic E-state index is 0.0979. The SMILES string of the molecule is NCCSC1N=c2ccccc2=C(N)c2ccsc21. The van der Waals surface area contributed by atoms with Crippen LogP contribution in [0.4, 0.5) is 0 Å². The van der Waals surface area contributed by atoms with Gasteiger partial charge in [-0.1, -0.05) is 18.2 Å². The Balaban J connectivity index is 2.23. The monoisotopic (exact) mass is 289 g/mol.